The van der Waals surface area contributed by atoms with E-state index in [0.717, 1.165) is 0 Å². The summed E-state index contributed by atoms with van der Waals surface area (Å²) in [4.78, 5) is 11.7. The van der Waals surface area contributed by atoms with Gasteiger partial charge in [0.15, 0.2) is 0 Å². The van der Waals surface area contributed by atoms with Crippen LogP contribution in [0.2, 0.25) is 0 Å². The van der Waals surface area contributed by atoms with Crippen LogP contribution in [0.5, 0.6) is 0 Å². The predicted octanol–water partition coefficient (Wildman–Crippen LogP) is 0.130. The van der Waals surface area contributed by atoms with E-state index < -0.39 is 7.12 Å². The van der Waals surface area contributed by atoms with Gasteiger partial charge in [0.2, 0.25) is 0 Å². The summed E-state index contributed by atoms with van der Waals surface area (Å²) in [6, 6.07) is 15.4. The minimum Gasteiger partial charge on any atom is -0.423 e. The van der Waals surface area contributed by atoms with Gasteiger partial charge in [-0.3, -0.25) is 4.79 Å². The van der Waals surface area contributed by atoms with Crippen LogP contribution in [-0.2, 0) is 0 Å². The molecule has 0 aromatic heterocycles. The van der Waals surface area contributed by atoms with Crippen LogP contribution in [-0.4, -0.2) is 29.3 Å². The van der Waals surface area contributed by atoms with E-state index in [1.54, 1.807) is 48.5 Å². The number of carbonyl (C=O) groups excluding carboxylic acids is 1. The zero-order chi connectivity index (χ0) is 14.4. The number of nitrogens with one attached hydrogen (secondary N) is 1. The van der Waals surface area contributed by atoms with Crippen LogP contribution in [0.1, 0.15) is 15.9 Å². The molecule has 0 saturated heterocycles. The highest BCUT2D eigenvalue weighted by atomic mass is 16.4. The Hall–Kier alpha value is -2.44. The van der Waals surface area contributed by atoms with Gasteiger partial charge in [0.25, 0.3) is 5.91 Å². The summed E-state index contributed by atoms with van der Waals surface area (Å²) in [7, 11) is -1.58. The molecule has 100 valence electrons. The molecule has 0 spiro atoms. The van der Waals surface area contributed by atoms with Crippen LogP contribution in [0, 0.1) is 0 Å². The van der Waals surface area contributed by atoms with Gasteiger partial charge in [-0.25, -0.2) is 5.43 Å². The molecule has 0 aliphatic rings. The quantitative estimate of drug-likeness (QED) is 0.419. The molecule has 20 heavy (non-hydrogen) atoms. The van der Waals surface area contributed by atoms with Gasteiger partial charge in [0.1, 0.15) is 0 Å². The molecule has 0 atom stereocenters. The standard InChI is InChI=1S/C14H13BN2O3/c18-14(11-6-2-1-3-7-11)17-16-10-12-8-4-5-9-13(12)15(19)20/h1-10,19-20H,(H,17,18)/b16-10+. The van der Waals surface area contributed by atoms with Crippen LogP contribution >= 0.6 is 0 Å². The van der Waals surface area contributed by atoms with Crippen LogP contribution in [0.3, 0.4) is 0 Å². The Labute approximate surface area is 116 Å². The van der Waals surface area contributed by atoms with Crippen molar-refractivity contribution in [1.29, 1.82) is 0 Å². The van der Waals surface area contributed by atoms with Crippen LogP contribution in [0.15, 0.2) is 59.7 Å². The summed E-state index contributed by atoms with van der Waals surface area (Å²) in [5, 5.41) is 22.2. The Morgan fingerprint density at radius 3 is 2.40 bits per heavy atom. The highest BCUT2D eigenvalue weighted by molar-refractivity contribution is 6.60. The second kappa shape index (κ2) is 6.65. The van der Waals surface area contributed by atoms with Crippen molar-refractivity contribution < 1.29 is 14.8 Å². The number of hydrazone groups is 1. The SMILES string of the molecule is O=C(N/N=C/c1ccccc1B(O)O)c1ccccc1. The highest BCUT2D eigenvalue weighted by Gasteiger charge is 2.13. The third-order valence-electron chi connectivity index (χ3n) is 2.68. The third kappa shape index (κ3) is 3.53. The molecule has 0 bridgehead atoms. The van der Waals surface area contributed by atoms with Gasteiger partial charge in [0.05, 0.1) is 6.21 Å². The van der Waals surface area contributed by atoms with E-state index in [9.17, 15) is 14.8 Å². The van der Waals surface area contributed by atoms with Crippen molar-refractivity contribution in [3.63, 3.8) is 0 Å². The number of rotatable bonds is 4. The zero-order valence-electron chi connectivity index (χ0n) is 10.6. The van der Waals surface area contributed by atoms with Crippen molar-refractivity contribution in [3.8, 4) is 0 Å². The maximum atomic E-state index is 11.7. The van der Waals surface area contributed by atoms with E-state index in [2.05, 4.69) is 10.5 Å². The third-order valence-corrected chi connectivity index (χ3v) is 2.68. The minimum absolute atomic E-state index is 0.324. The molecule has 6 heteroatoms. The van der Waals surface area contributed by atoms with Crippen LogP contribution < -0.4 is 10.9 Å². The Morgan fingerprint density at radius 2 is 1.70 bits per heavy atom. The van der Waals surface area contributed by atoms with E-state index in [1.165, 1.54) is 6.21 Å². The largest absolute Gasteiger partial charge is 0.489 e. The fourth-order valence-electron chi connectivity index (χ4n) is 1.68. The molecule has 0 heterocycles. The molecular weight excluding hydrogens is 255 g/mol. The lowest BCUT2D eigenvalue weighted by atomic mass is 9.77. The van der Waals surface area contributed by atoms with Gasteiger partial charge >= 0.3 is 7.12 Å². The normalized spacial score (nSPS) is 10.5. The van der Waals surface area contributed by atoms with Gasteiger partial charge in [-0.1, -0.05) is 42.5 Å². The second-order valence-corrected chi connectivity index (χ2v) is 4.07. The van der Waals surface area contributed by atoms with Gasteiger partial charge in [-0.15, -0.1) is 0 Å². The molecule has 1 amide bonds. The summed E-state index contributed by atoms with van der Waals surface area (Å²) in [6.45, 7) is 0. The average molecular weight is 268 g/mol. The Balaban J connectivity index is 2.06. The predicted molar refractivity (Wildman–Crippen MR) is 77.8 cm³/mol. The van der Waals surface area contributed by atoms with E-state index >= 15 is 0 Å². The molecule has 0 radical (unpaired) electrons. The highest BCUT2D eigenvalue weighted by Crippen LogP contribution is 1.98. The summed E-state index contributed by atoms with van der Waals surface area (Å²) in [6.07, 6.45) is 1.37. The van der Waals surface area contributed by atoms with Gasteiger partial charge < -0.3 is 10.0 Å². The lowest BCUT2D eigenvalue weighted by Gasteiger charge is -2.03. The number of carbonyl (C=O) groups is 1. The topological polar surface area (TPSA) is 81.9 Å². The lowest BCUT2D eigenvalue weighted by molar-refractivity contribution is 0.0955. The second-order valence-electron chi connectivity index (χ2n) is 4.07. The first-order valence-corrected chi connectivity index (χ1v) is 6.02. The van der Waals surface area contributed by atoms with E-state index in [-0.39, 0.29) is 5.91 Å². The minimum atomic E-state index is -1.58. The van der Waals surface area contributed by atoms with Crippen molar-refractivity contribution in [2.75, 3.05) is 0 Å². The first-order chi connectivity index (χ1) is 9.68. The number of nitrogens with zero attached hydrogens (tertiary/aromatic N) is 1. The molecule has 3 N–H and O–H groups in total. The summed E-state index contributed by atoms with van der Waals surface area (Å²) in [5.74, 6) is -0.330. The molecule has 0 unspecified atom stereocenters. The summed E-state index contributed by atoms with van der Waals surface area (Å²) >= 11 is 0. The Morgan fingerprint density at radius 1 is 1.05 bits per heavy atom. The van der Waals surface area contributed by atoms with Crippen molar-refractivity contribution in [3.05, 3.63) is 65.7 Å². The molecule has 2 aromatic rings. The van der Waals surface area contributed by atoms with E-state index in [4.69, 9.17) is 0 Å². The molecule has 0 aliphatic carbocycles. The van der Waals surface area contributed by atoms with Crippen LogP contribution in [0.4, 0.5) is 0 Å². The molecule has 2 aromatic carbocycles. The number of amides is 1. The monoisotopic (exact) mass is 268 g/mol. The van der Waals surface area contributed by atoms with Crippen molar-refractivity contribution in [2.45, 2.75) is 0 Å². The van der Waals surface area contributed by atoms with E-state index in [1.807, 2.05) is 6.07 Å². The number of benzene rings is 2. The fourth-order valence-corrected chi connectivity index (χ4v) is 1.68. The number of hydrogen-bond acceptors (Lipinski definition) is 4. The van der Waals surface area contributed by atoms with Crippen molar-refractivity contribution >= 4 is 24.7 Å². The average Bonchev–Trinajstić information content (AvgIpc) is 2.48. The maximum Gasteiger partial charge on any atom is 0.489 e. The van der Waals surface area contributed by atoms with Gasteiger partial charge in [0, 0.05) is 5.56 Å². The summed E-state index contributed by atoms with van der Waals surface area (Å²) < 4.78 is 0. The first-order valence-electron chi connectivity index (χ1n) is 6.02. The van der Waals surface area contributed by atoms with E-state index in [0.29, 0.717) is 16.6 Å². The smallest absolute Gasteiger partial charge is 0.423 e. The molecule has 0 saturated carbocycles. The lowest BCUT2D eigenvalue weighted by Crippen LogP contribution is -2.33. The summed E-state index contributed by atoms with van der Waals surface area (Å²) in [5.41, 5.74) is 3.73. The molecule has 0 fully saturated rings. The van der Waals surface area contributed by atoms with Gasteiger partial charge in [-0.2, -0.15) is 5.10 Å². The van der Waals surface area contributed by atoms with Crippen molar-refractivity contribution in [2.24, 2.45) is 5.10 Å². The van der Waals surface area contributed by atoms with Crippen LogP contribution in [0.25, 0.3) is 0 Å². The molecule has 2 rings (SSSR count). The fraction of sp³-hybridized carbons (Fsp3) is 0. The first kappa shape index (κ1) is 14.0. The zero-order valence-corrected chi connectivity index (χ0v) is 10.6. The Kier molecular flexibility index (Phi) is 4.65. The van der Waals surface area contributed by atoms with Crippen molar-refractivity contribution in [1.82, 2.24) is 5.43 Å². The number of hydrogen-bond donors (Lipinski definition) is 3. The van der Waals surface area contributed by atoms with Gasteiger partial charge in [-0.05, 0) is 23.2 Å². The molecular formula is C14H13BN2O3. The molecule has 5 nitrogen and oxygen atoms in total. The Bertz CT molecular complexity index is 615. The molecule has 0 aliphatic heterocycles. The maximum absolute atomic E-state index is 11.7.